The minimum atomic E-state index is -0.565. The maximum Gasteiger partial charge on any atom is 0.338 e. The molecule has 3 nitrogen and oxygen atoms in total. The first-order valence-corrected chi connectivity index (χ1v) is 9.03. The number of hydrogen-bond donors (Lipinski definition) is 0. The average Bonchev–Trinajstić information content (AvgIpc) is 3.10. The number of ether oxygens (including phenoxy) is 2. The van der Waals surface area contributed by atoms with E-state index in [1.165, 1.54) is 7.11 Å². The molecule has 3 heteroatoms. The van der Waals surface area contributed by atoms with Gasteiger partial charge in [-0.1, -0.05) is 85.0 Å². The molecule has 0 bridgehead atoms. The molecule has 0 aromatic heterocycles. The van der Waals surface area contributed by atoms with Crippen LogP contribution < -0.4 is 0 Å². The van der Waals surface area contributed by atoms with Crippen LogP contribution in [-0.2, 0) is 14.3 Å². The Hall–Kier alpha value is -3.07. The summed E-state index contributed by atoms with van der Waals surface area (Å²) in [4.78, 5) is 12.6. The number of esters is 1. The first kappa shape index (κ1) is 18.7. The summed E-state index contributed by atoms with van der Waals surface area (Å²) >= 11 is 0. The van der Waals surface area contributed by atoms with Crippen molar-refractivity contribution in [3.63, 3.8) is 0 Å². The van der Waals surface area contributed by atoms with Crippen LogP contribution in [0.2, 0.25) is 0 Å². The Morgan fingerprint density at radius 2 is 1.41 bits per heavy atom. The summed E-state index contributed by atoms with van der Waals surface area (Å²) in [6, 6.07) is 20.1. The van der Waals surface area contributed by atoms with Crippen LogP contribution >= 0.6 is 0 Å². The SMILES string of the molecule is COC(=O)C1=C(OC)CCC1(/C=C/c1ccccc1)/C=C/c1ccccc1. The molecule has 1 aliphatic rings. The van der Waals surface area contributed by atoms with Gasteiger partial charge in [-0.2, -0.15) is 0 Å². The summed E-state index contributed by atoms with van der Waals surface area (Å²) < 4.78 is 10.6. The highest BCUT2D eigenvalue weighted by Crippen LogP contribution is 2.47. The van der Waals surface area contributed by atoms with Crippen molar-refractivity contribution in [2.24, 2.45) is 5.41 Å². The van der Waals surface area contributed by atoms with Gasteiger partial charge in [0, 0.05) is 11.8 Å². The van der Waals surface area contributed by atoms with E-state index < -0.39 is 5.41 Å². The van der Waals surface area contributed by atoms with Gasteiger partial charge in [-0.3, -0.25) is 0 Å². The zero-order valence-corrected chi connectivity index (χ0v) is 15.7. The summed E-state index contributed by atoms with van der Waals surface area (Å²) in [5.41, 5.74) is 2.18. The van der Waals surface area contributed by atoms with Crippen LogP contribution in [-0.4, -0.2) is 20.2 Å². The lowest BCUT2D eigenvalue weighted by atomic mass is 9.79. The number of methoxy groups -OCH3 is 2. The van der Waals surface area contributed by atoms with Crippen molar-refractivity contribution in [2.75, 3.05) is 14.2 Å². The minimum Gasteiger partial charge on any atom is -0.500 e. The first-order chi connectivity index (χ1) is 13.2. The standard InChI is InChI=1S/C24H24O3/c1-26-21-15-18-24(22(21)23(25)27-2,16-13-19-9-5-3-6-10-19)17-14-20-11-7-4-8-12-20/h3-14,16-17H,15,18H2,1-2H3/b16-13+,17-14+. The van der Waals surface area contributed by atoms with Gasteiger partial charge in [0.15, 0.2) is 0 Å². The fourth-order valence-electron chi connectivity index (χ4n) is 3.45. The predicted molar refractivity (Wildman–Crippen MR) is 109 cm³/mol. The van der Waals surface area contributed by atoms with Crippen molar-refractivity contribution in [3.8, 4) is 0 Å². The zero-order chi connectivity index (χ0) is 19.1. The van der Waals surface area contributed by atoms with E-state index in [1.807, 2.05) is 60.7 Å². The van der Waals surface area contributed by atoms with E-state index in [-0.39, 0.29) is 5.97 Å². The molecule has 2 aromatic carbocycles. The van der Waals surface area contributed by atoms with Crippen LogP contribution in [0.15, 0.2) is 84.1 Å². The second-order valence-electron chi connectivity index (χ2n) is 6.52. The molecule has 0 fully saturated rings. The number of carbonyl (C=O) groups is 1. The van der Waals surface area contributed by atoms with E-state index in [1.54, 1.807) is 7.11 Å². The Bertz CT molecular complexity index is 812. The Morgan fingerprint density at radius 1 is 0.889 bits per heavy atom. The molecule has 2 aromatic rings. The molecule has 0 saturated carbocycles. The number of hydrogen-bond acceptors (Lipinski definition) is 3. The van der Waals surface area contributed by atoms with Crippen molar-refractivity contribution in [2.45, 2.75) is 12.8 Å². The topological polar surface area (TPSA) is 35.5 Å². The molecule has 0 saturated heterocycles. The van der Waals surface area contributed by atoms with E-state index in [0.29, 0.717) is 17.8 Å². The van der Waals surface area contributed by atoms with Gasteiger partial charge >= 0.3 is 5.97 Å². The molecule has 0 aliphatic heterocycles. The second kappa shape index (κ2) is 8.54. The zero-order valence-electron chi connectivity index (χ0n) is 15.7. The molecule has 0 radical (unpaired) electrons. The van der Waals surface area contributed by atoms with Crippen molar-refractivity contribution in [3.05, 3.63) is 95.3 Å². The maximum absolute atomic E-state index is 12.6. The molecule has 0 heterocycles. The number of benzene rings is 2. The summed E-state index contributed by atoms with van der Waals surface area (Å²) in [5.74, 6) is 0.344. The van der Waals surface area contributed by atoms with E-state index in [4.69, 9.17) is 9.47 Å². The molecule has 3 rings (SSSR count). The predicted octanol–water partition coefficient (Wildman–Crippen LogP) is 5.27. The highest BCUT2D eigenvalue weighted by Gasteiger charge is 2.42. The lowest BCUT2D eigenvalue weighted by Crippen LogP contribution is -2.22. The fourth-order valence-corrected chi connectivity index (χ4v) is 3.45. The monoisotopic (exact) mass is 360 g/mol. The Labute approximate surface area is 160 Å². The smallest absolute Gasteiger partial charge is 0.338 e. The minimum absolute atomic E-state index is 0.347. The van der Waals surface area contributed by atoms with Gasteiger partial charge in [-0.25, -0.2) is 4.79 Å². The average molecular weight is 360 g/mol. The lowest BCUT2D eigenvalue weighted by molar-refractivity contribution is -0.137. The van der Waals surface area contributed by atoms with Gasteiger partial charge in [-0.05, 0) is 17.5 Å². The van der Waals surface area contributed by atoms with Crippen molar-refractivity contribution in [1.29, 1.82) is 0 Å². The third-order valence-corrected chi connectivity index (χ3v) is 4.89. The summed E-state index contributed by atoms with van der Waals surface area (Å²) in [5, 5.41) is 0. The highest BCUT2D eigenvalue weighted by molar-refractivity contribution is 5.93. The van der Waals surface area contributed by atoms with Gasteiger partial charge in [0.2, 0.25) is 0 Å². The van der Waals surface area contributed by atoms with Crippen LogP contribution in [0.4, 0.5) is 0 Å². The molecule has 138 valence electrons. The molecule has 27 heavy (non-hydrogen) atoms. The van der Waals surface area contributed by atoms with Crippen LogP contribution in [0.5, 0.6) is 0 Å². The second-order valence-corrected chi connectivity index (χ2v) is 6.52. The molecule has 0 N–H and O–H groups in total. The van der Waals surface area contributed by atoms with E-state index in [0.717, 1.165) is 17.5 Å². The largest absolute Gasteiger partial charge is 0.500 e. The van der Waals surface area contributed by atoms with Crippen LogP contribution in [0, 0.1) is 5.41 Å². The molecule has 1 aliphatic carbocycles. The number of rotatable bonds is 6. The van der Waals surface area contributed by atoms with Gasteiger partial charge < -0.3 is 9.47 Å². The van der Waals surface area contributed by atoms with Crippen molar-refractivity contribution >= 4 is 18.1 Å². The van der Waals surface area contributed by atoms with Gasteiger partial charge in [-0.15, -0.1) is 0 Å². The summed E-state index contributed by atoms with van der Waals surface area (Å²) in [6.07, 6.45) is 9.72. The fraction of sp³-hybridized carbons (Fsp3) is 0.208. The Morgan fingerprint density at radius 3 is 1.85 bits per heavy atom. The third kappa shape index (κ3) is 4.20. The Kier molecular flexibility index (Phi) is 5.92. The maximum atomic E-state index is 12.6. The summed E-state index contributed by atoms with van der Waals surface area (Å²) in [7, 11) is 3.02. The summed E-state index contributed by atoms with van der Waals surface area (Å²) in [6.45, 7) is 0. The first-order valence-electron chi connectivity index (χ1n) is 9.03. The molecule has 0 unspecified atom stereocenters. The van der Waals surface area contributed by atoms with Crippen molar-refractivity contribution < 1.29 is 14.3 Å². The van der Waals surface area contributed by atoms with E-state index >= 15 is 0 Å². The number of allylic oxidation sites excluding steroid dienone is 3. The quantitative estimate of drug-likeness (QED) is 0.659. The van der Waals surface area contributed by atoms with Gasteiger partial charge in [0.1, 0.15) is 5.76 Å². The van der Waals surface area contributed by atoms with Gasteiger partial charge in [0.05, 0.1) is 19.8 Å². The van der Waals surface area contributed by atoms with Crippen LogP contribution in [0.1, 0.15) is 24.0 Å². The molecule has 0 atom stereocenters. The molecule has 0 spiro atoms. The lowest BCUT2D eigenvalue weighted by Gasteiger charge is -2.24. The number of carbonyl (C=O) groups excluding carboxylic acids is 1. The van der Waals surface area contributed by atoms with E-state index in [9.17, 15) is 4.79 Å². The Balaban J connectivity index is 2.06. The van der Waals surface area contributed by atoms with Crippen molar-refractivity contribution in [1.82, 2.24) is 0 Å². The molecule has 0 amide bonds. The molecular weight excluding hydrogens is 336 g/mol. The highest BCUT2D eigenvalue weighted by atomic mass is 16.5. The van der Waals surface area contributed by atoms with Gasteiger partial charge in [0.25, 0.3) is 0 Å². The van der Waals surface area contributed by atoms with Crippen LogP contribution in [0.25, 0.3) is 12.2 Å². The van der Waals surface area contributed by atoms with E-state index in [2.05, 4.69) is 24.3 Å². The normalized spacial score (nSPS) is 16.2. The third-order valence-electron chi connectivity index (χ3n) is 4.89. The van der Waals surface area contributed by atoms with Crippen LogP contribution in [0.3, 0.4) is 0 Å². The molecular formula is C24H24O3.